The van der Waals surface area contributed by atoms with Gasteiger partial charge in [-0.3, -0.25) is 0 Å². The second kappa shape index (κ2) is 6.91. The van der Waals surface area contributed by atoms with Crippen molar-refractivity contribution in [3.05, 3.63) is 59.7 Å². The molecular weight excluding hydrogens is 276 g/mol. The number of hydrogen-bond acceptors (Lipinski definition) is 0. The number of rotatable bonds is 3. The molecule has 0 bridgehead atoms. The Morgan fingerprint density at radius 3 is 2.04 bits per heavy atom. The van der Waals surface area contributed by atoms with Crippen LogP contribution in [0.5, 0.6) is 0 Å². The van der Waals surface area contributed by atoms with Gasteiger partial charge in [-0.2, -0.15) is 0 Å². The Bertz CT molecular complexity index is 625. The first-order valence-electron chi connectivity index (χ1n) is 9.52. The van der Waals surface area contributed by atoms with Crippen molar-refractivity contribution < 1.29 is 0 Å². The van der Waals surface area contributed by atoms with Crippen LogP contribution in [0.2, 0.25) is 0 Å². The molecule has 2 aromatic rings. The molecule has 119 valence electrons. The lowest BCUT2D eigenvalue weighted by Gasteiger charge is -2.22. The van der Waals surface area contributed by atoms with E-state index in [4.69, 9.17) is 0 Å². The predicted octanol–water partition coefficient (Wildman–Crippen LogP) is 6.86. The highest BCUT2D eigenvalue weighted by Gasteiger charge is 2.18. The fraction of sp³-hybridized carbons (Fsp3) is 0.478. The Morgan fingerprint density at radius 1 is 0.652 bits per heavy atom. The minimum Gasteiger partial charge on any atom is -0.0581 e. The topological polar surface area (TPSA) is 0 Å². The monoisotopic (exact) mass is 303 g/mol. The maximum absolute atomic E-state index is 3.50. The number of hydrogen-bond donors (Lipinski definition) is 0. The van der Waals surface area contributed by atoms with E-state index in [9.17, 15) is 0 Å². The molecule has 4 rings (SSSR count). The summed E-state index contributed by atoms with van der Waals surface area (Å²) in [7, 11) is 0. The molecule has 1 radical (unpaired) electrons. The summed E-state index contributed by atoms with van der Waals surface area (Å²) in [4.78, 5) is 0. The molecule has 23 heavy (non-hydrogen) atoms. The Balaban J connectivity index is 1.55. The van der Waals surface area contributed by atoms with E-state index in [1.807, 2.05) is 0 Å². The molecule has 0 aliphatic heterocycles. The van der Waals surface area contributed by atoms with Gasteiger partial charge in [-0.25, -0.2) is 0 Å². The lowest BCUT2D eigenvalue weighted by molar-refractivity contribution is 0.443. The standard InChI is InChI=1S/C23H27/c1-2-7-19(8-3-1)22-11-6-12-23(17-22)21-15-13-20(14-16-21)18-9-4-5-10-18/h6,12-19H,1-5,7-10H2. The van der Waals surface area contributed by atoms with Gasteiger partial charge in [0.15, 0.2) is 0 Å². The highest BCUT2D eigenvalue weighted by atomic mass is 14.2. The van der Waals surface area contributed by atoms with Gasteiger partial charge in [0.25, 0.3) is 0 Å². The zero-order valence-electron chi connectivity index (χ0n) is 14.1. The van der Waals surface area contributed by atoms with E-state index in [2.05, 4.69) is 48.5 Å². The zero-order chi connectivity index (χ0) is 15.5. The van der Waals surface area contributed by atoms with E-state index >= 15 is 0 Å². The number of benzene rings is 2. The quantitative estimate of drug-likeness (QED) is 0.581. The van der Waals surface area contributed by atoms with E-state index in [-0.39, 0.29) is 0 Å². The molecule has 0 N–H and O–H groups in total. The molecule has 2 fully saturated rings. The van der Waals surface area contributed by atoms with Crippen molar-refractivity contribution in [2.45, 2.75) is 69.6 Å². The summed E-state index contributed by atoms with van der Waals surface area (Å²) in [6.07, 6.45) is 12.5. The Morgan fingerprint density at radius 2 is 1.30 bits per heavy atom. The molecule has 0 nitrogen and oxygen atoms in total. The van der Waals surface area contributed by atoms with Gasteiger partial charge in [-0.15, -0.1) is 0 Å². The Labute approximate surface area is 140 Å². The van der Waals surface area contributed by atoms with Gasteiger partial charge in [0, 0.05) is 0 Å². The van der Waals surface area contributed by atoms with Crippen molar-refractivity contribution in [3.8, 4) is 11.1 Å². The molecule has 0 heterocycles. The predicted molar refractivity (Wildman–Crippen MR) is 97.7 cm³/mol. The first-order valence-corrected chi connectivity index (χ1v) is 9.52. The fourth-order valence-electron chi connectivity index (χ4n) is 4.52. The van der Waals surface area contributed by atoms with Crippen LogP contribution in [-0.4, -0.2) is 0 Å². The summed E-state index contributed by atoms with van der Waals surface area (Å²) in [5, 5.41) is 0. The average Bonchev–Trinajstić information content (AvgIpc) is 3.17. The van der Waals surface area contributed by atoms with Crippen molar-refractivity contribution in [2.24, 2.45) is 0 Å². The summed E-state index contributed by atoms with van der Waals surface area (Å²) >= 11 is 0. The van der Waals surface area contributed by atoms with Crippen molar-refractivity contribution in [1.29, 1.82) is 0 Å². The van der Waals surface area contributed by atoms with Gasteiger partial charge >= 0.3 is 0 Å². The highest BCUT2D eigenvalue weighted by molar-refractivity contribution is 5.64. The van der Waals surface area contributed by atoms with Crippen molar-refractivity contribution >= 4 is 0 Å². The molecule has 2 saturated carbocycles. The third kappa shape index (κ3) is 3.37. The molecule has 0 unspecified atom stereocenters. The SMILES string of the molecule is [c]1ccc(-c2ccc(C3CCCC3)cc2)cc1C1CCCCC1. The second-order valence-corrected chi connectivity index (χ2v) is 7.47. The second-order valence-electron chi connectivity index (χ2n) is 7.47. The van der Waals surface area contributed by atoms with Gasteiger partial charge in [0.05, 0.1) is 0 Å². The minimum atomic E-state index is 0.737. The lowest BCUT2D eigenvalue weighted by atomic mass is 9.83. The van der Waals surface area contributed by atoms with Crippen molar-refractivity contribution in [3.63, 3.8) is 0 Å². The van der Waals surface area contributed by atoms with Crippen LogP contribution in [0.15, 0.2) is 42.5 Å². The lowest BCUT2D eigenvalue weighted by Crippen LogP contribution is -2.04. The maximum Gasteiger partial charge on any atom is -0.0146 e. The smallest absolute Gasteiger partial charge is 0.0146 e. The maximum atomic E-state index is 3.50. The summed E-state index contributed by atoms with van der Waals surface area (Å²) in [6, 6.07) is 19.6. The normalized spacial score (nSPS) is 20.0. The Kier molecular flexibility index (Phi) is 4.50. The largest absolute Gasteiger partial charge is 0.0581 e. The molecule has 0 atom stereocenters. The first-order chi connectivity index (χ1) is 11.4. The van der Waals surface area contributed by atoms with Crippen LogP contribution in [0.3, 0.4) is 0 Å². The van der Waals surface area contributed by atoms with Gasteiger partial charge in [0.1, 0.15) is 0 Å². The minimum absolute atomic E-state index is 0.737. The van der Waals surface area contributed by atoms with Crippen LogP contribution < -0.4 is 0 Å². The molecule has 0 spiro atoms. The summed E-state index contributed by atoms with van der Waals surface area (Å²) in [5.74, 6) is 1.55. The van der Waals surface area contributed by atoms with E-state index in [0.29, 0.717) is 0 Å². The summed E-state index contributed by atoms with van der Waals surface area (Å²) < 4.78 is 0. The van der Waals surface area contributed by atoms with Crippen LogP contribution in [0.25, 0.3) is 11.1 Å². The van der Waals surface area contributed by atoms with Gasteiger partial charge in [-0.05, 0) is 65.8 Å². The van der Waals surface area contributed by atoms with E-state index in [1.54, 1.807) is 5.56 Å². The Hall–Kier alpha value is -1.56. The molecular formula is C23H27. The average molecular weight is 303 g/mol. The van der Waals surface area contributed by atoms with Gasteiger partial charge < -0.3 is 0 Å². The zero-order valence-corrected chi connectivity index (χ0v) is 14.1. The van der Waals surface area contributed by atoms with E-state index < -0.39 is 0 Å². The summed E-state index contributed by atoms with van der Waals surface area (Å²) in [6.45, 7) is 0. The molecule has 2 aliphatic rings. The summed E-state index contributed by atoms with van der Waals surface area (Å²) in [5.41, 5.74) is 5.70. The molecule has 0 aromatic heterocycles. The highest BCUT2D eigenvalue weighted by Crippen LogP contribution is 2.36. The van der Waals surface area contributed by atoms with Crippen LogP contribution in [0.1, 0.15) is 80.8 Å². The molecule has 0 heteroatoms. The molecule has 2 aromatic carbocycles. The first kappa shape index (κ1) is 15.0. The molecule has 0 amide bonds. The van der Waals surface area contributed by atoms with E-state index in [1.165, 1.54) is 74.5 Å². The third-order valence-corrected chi connectivity index (χ3v) is 5.94. The van der Waals surface area contributed by atoms with Gasteiger partial charge in [-0.1, -0.05) is 74.6 Å². The fourth-order valence-corrected chi connectivity index (χ4v) is 4.52. The van der Waals surface area contributed by atoms with Gasteiger partial charge in [0.2, 0.25) is 0 Å². The molecule has 2 aliphatic carbocycles. The van der Waals surface area contributed by atoms with Crippen LogP contribution >= 0.6 is 0 Å². The van der Waals surface area contributed by atoms with E-state index in [0.717, 1.165) is 11.8 Å². The molecule has 0 saturated heterocycles. The van der Waals surface area contributed by atoms with Crippen LogP contribution in [-0.2, 0) is 0 Å². The van der Waals surface area contributed by atoms with Crippen LogP contribution in [0, 0.1) is 6.07 Å². The van der Waals surface area contributed by atoms with Crippen molar-refractivity contribution in [2.75, 3.05) is 0 Å². The van der Waals surface area contributed by atoms with Crippen LogP contribution in [0.4, 0.5) is 0 Å². The third-order valence-electron chi connectivity index (χ3n) is 5.94. The van der Waals surface area contributed by atoms with Crippen molar-refractivity contribution in [1.82, 2.24) is 0 Å².